The first-order valence-electron chi connectivity index (χ1n) is 5.32. The second kappa shape index (κ2) is 5.96. The van der Waals surface area contributed by atoms with Gasteiger partial charge in [0.25, 0.3) is 0 Å². The highest BCUT2D eigenvalue weighted by molar-refractivity contribution is 7.89. The average Bonchev–Trinajstić information content (AvgIpc) is 2.28. The van der Waals surface area contributed by atoms with Crippen molar-refractivity contribution in [3.8, 4) is 0 Å². The largest absolute Gasteiger partial charge is 0.397 e. The zero-order chi connectivity index (χ0) is 13.8. The Morgan fingerprint density at radius 2 is 2.00 bits per heavy atom. The number of nitrogens with two attached hydrogens (primary N) is 1. The van der Waals surface area contributed by atoms with E-state index >= 15 is 0 Å². The van der Waals surface area contributed by atoms with Crippen LogP contribution in [0.4, 0.5) is 20.2 Å². The normalized spacial score (nSPS) is 11.5. The molecule has 8 heteroatoms. The summed E-state index contributed by atoms with van der Waals surface area (Å²) in [6, 6.07) is 2.12. The van der Waals surface area contributed by atoms with Gasteiger partial charge in [-0.25, -0.2) is 21.9 Å². The Bertz CT molecular complexity index is 520. The van der Waals surface area contributed by atoms with Crippen LogP contribution in [0.5, 0.6) is 0 Å². The van der Waals surface area contributed by atoms with E-state index in [4.69, 9.17) is 5.73 Å². The maximum absolute atomic E-state index is 13.3. The number of rotatable bonds is 6. The zero-order valence-corrected chi connectivity index (χ0v) is 10.7. The highest BCUT2D eigenvalue weighted by Gasteiger charge is 2.13. The molecule has 0 fully saturated rings. The molecule has 0 aliphatic carbocycles. The van der Waals surface area contributed by atoms with Crippen molar-refractivity contribution >= 4 is 21.4 Å². The molecule has 0 aromatic heterocycles. The molecule has 1 aromatic carbocycles. The van der Waals surface area contributed by atoms with Crippen molar-refractivity contribution in [2.24, 2.45) is 0 Å². The SMILES string of the molecule is CCNS(=O)(=O)CCNc1c(N)ccc(F)c1F. The lowest BCUT2D eigenvalue weighted by molar-refractivity contribution is 0.511. The molecule has 0 aliphatic rings. The van der Waals surface area contributed by atoms with Gasteiger partial charge in [-0.3, -0.25) is 0 Å². The molecule has 102 valence electrons. The summed E-state index contributed by atoms with van der Waals surface area (Å²) >= 11 is 0. The fourth-order valence-electron chi connectivity index (χ4n) is 1.35. The topological polar surface area (TPSA) is 84.2 Å². The number of nitrogens with one attached hydrogen (secondary N) is 2. The zero-order valence-electron chi connectivity index (χ0n) is 9.83. The minimum Gasteiger partial charge on any atom is -0.397 e. The van der Waals surface area contributed by atoms with Crippen molar-refractivity contribution in [1.82, 2.24) is 4.72 Å². The van der Waals surface area contributed by atoms with Crippen LogP contribution in [-0.4, -0.2) is 27.3 Å². The van der Waals surface area contributed by atoms with Crippen LogP contribution in [0.2, 0.25) is 0 Å². The molecule has 0 heterocycles. The second-order valence-electron chi connectivity index (χ2n) is 3.57. The fraction of sp³-hybridized carbons (Fsp3) is 0.400. The van der Waals surface area contributed by atoms with Gasteiger partial charge in [-0.2, -0.15) is 0 Å². The van der Waals surface area contributed by atoms with Crippen LogP contribution < -0.4 is 15.8 Å². The van der Waals surface area contributed by atoms with Crippen LogP contribution in [0.15, 0.2) is 12.1 Å². The van der Waals surface area contributed by atoms with Gasteiger partial charge in [-0.15, -0.1) is 0 Å². The summed E-state index contributed by atoms with van der Waals surface area (Å²) in [6.45, 7) is 1.86. The molecule has 0 aliphatic heterocycles. The predicted octanol–water partition coefficient (Wildman–Crippen LogP) is 0.898. The maximum Gasteiger partial charge on any atom is 0.213 e. The Balaban J connectivity index is 2.68. The number of anilines is 2. The quantitative estimate of drug-likeness (QED) is 0.675. The van der Waals surface area contributed by atoms with E-state index in [9.17, 15) is 17.2 Å². The summed E-state index contributed by atoms with van der Waals surface area (Å²) in [5, 5.41) is 2.48. The molecule has 0 radical (unpaired) electrons. The molecule has 0 bridgehead atoms. The van der Waals surface area contributed by atoms with Gasteiger partial charge < -0.3 is 11.1 Å². The third kappa shape index (κ3) is 3.81. The lowest BCUT2D eigenvalue weighted by Crippen LogP contribution is -2.29. The van der Waals surface area contributed by atoms with Crippen molar-refractivity contribution in [2.75, 3.05) is 29.9 Å². The number of hydrogen-bond donors (Lipinski definition) is 3. The van der Waals surface area contributed by atoms with Crippen LogP contribution in [0, 0.1) is 11.6 Å². The summed E-state index contributed by atoms with van der Waals surface area (Å²) in [7, 11) is -3.41. The molecule has 1 rings (SSSR count). The number of hydrogen-bond acceptors (Lipinski definition) is 4. The summed E-state index contributed by atoms with van der Waals surface area (Å²) in [6.07, 6.45) is 0. The molecule has 0 atom stereocenters. The molecule has 0 spiro atoms. The third-order valence-corrected chi connectivity index (χ3v) is 3.63. The molecule has 1 aromatic rings. The fourth-order valence-corrected chi connectivity index (χ4v) is 2.30. The average molecular weight is 279 g/mol. The van der Waals surface area contributed by atoms with Gasteiger partial charge in [-0.1, -0.05) is 6.92 Å². The molecule has 5 nitrogen and oxygen atoms in total. The van der Waals surface area contributed by atoms with Crippen molar-refractivity contribution in [3.05, 3.63) is 23.8 Å². The molecule has 4 N–H and O–H groups in total. The molecule has 0 amide bonds. The second-order valence-corrected chi connectivity index (χ2v) is 5.50. The van der Waals surface area contributed by atoms with Gasteiger partial charge in [0.05, 0.1) is 17.1 Å². The van der Waals surface area contributed by atoms with Gasteiger partial charge in [0.1, 0.15) is 0 Å². The van der Waals surface area contributed by atoms with Crippen molar-refractivity contribution in [2.45, 2.75) is 6.92 Å². The van der Waals surface area contributed by atoms with Crippen LogP contribution in [0.1, 0.15) is 6.92 Å². The van der Waals surface area contributed by atoms with Crippen LogP contribution in [0.3, 0.4) is 0 Å². The number of halogens is 2. The van der Waals surface area contributed by atoms with Crippen molar-refractivity contribution < 1.29 is 17.2 Å². The van der Waals surface area contributed by atoms with E-state index in [-0.39, 0.29) is 30.2 Å². The van der Waals surface area contributed by atoms with Gasteiger partial charge in [0.15, 0.2) is 11.6 Å². The third-order valence-electron chi connectivity index (χ3n) is 2.16. The Hall–Kier alpha value is -1.41. The van der Waals surface area contributed by atoms with Crippen molar-refractivity contribution in [3.63, 3.8) is 0 Å². The summed E-state index contributed by atoms with van der Waals surface area (Å²) in [5.74, 6) is -2.41. The molecular formula is C10H15F2N3O2S. The number of benzene rings is 1. The Kier molecular flexibility index (Phi) is 4.85. The summed E-state index contributed by atoms with van der Waals surface area (Å²) < 4.78 is 51.2. The minimum absolute atomic E-state index is 0.0229. The number of sulfonamides is 1. The van der Waals surface area contributed by atoms with Gasteiger partial charge in [-0.05, 0) is 12.1 Å². The van der Waals surface area contributed by atoms with Crippen molar-refractivity contribution in [1.29, 1.82) is 0 Å². The van der Waals surface area contributed by atoms with Crippen LogP contribution in [-0.2, 0) is 10.0 Å². The van der Waals surface area contributed by atoms with Gasteiger partial charge in [0, 0.05) is 13.1 Å². The summed E-state index contributed by atoms with van der Waals surface area (Å²) in [5.41, 5.74) is 5.27. The Morgan fingerprint density at radius 1 is 1.33 bits per heavy atom. The van der Waals surface area contributed by atoms with E-state index in [0.717, 1.165) is 6.07 Å². The lowest BCUT2D eigenvalue weighted by Gasteiger charge is -2.11. The summed E-state index contributed by atoms with van der Waals surface area (Å²) in [4.78, 5) is 0. The molecule has 0 saturated heterocycles. The predicted molar refractivity (Wildman–Crippen MR) is 66.7 cm³/mol. The van der Waals surface area contributed by atoms with E-state index in [0.29, 0.717) is 0 Å². The Morgan fingerprint density at radius 3 is 2.61 bits per heavy atom. The van der Waals surface area contributed by atoms with E-state index < -0.39 is 21.7 Å². The first-order valence-corrected chi connectivity index (χ1v) is 6.97. The molecule has 0 unspecified atom stereocenters. The first-order chi connectivity index (χ1) is 8.37. The highest BCUT2D eigenvalue weighted by atomic mass is 32.2. The van der Waals surface area contributed by atoms with Crippen LogP contribution >= 0.6 is 0 Å². The lowest BCUT2D eigenvalue weighted by atomic mass is 10.2. The van der Waals surface area contributed by atoms with Crippen LogP contribution in [0.25, 0.3) is 0 Å². The molecule has 18 heavy (non-hydrogen) atoms. The molecular weight excluding hydrogens is 264 g/mol. The van der Waals surface area contributed by atoms with E-state index in [2.05, 4.69) is 10.0 Å². The smallest absolute Gasteiger partial charge is 0.213 e. The van der Waals surface area contributed by atoms with Gasteiger partial charge >= 0.3 is 0 Å². The monoisotopic (exact) mass is 279 g/mol. The number of nitrogen functional groups attached to an aromatic ring is 1. The Labute approximate surface area is 104 Å². The van der Waals surface area contributed by atoms with Gasteiger partial charge in [0.2, 0.25) is 10.0 Å². The standard InChI is InChI=1S/C10H15F2N3O2S/c1-2-15-18(16,17)6-5-14-10-8(13)4-3-7(11)9(10)12/h3-4,14-15H,2,5-6,13H2,1H3. The highest BCUT2D eigenvalue weighted by Crippen LogP contribution is 2.24. The van der Waals surface area contributed by atoms with E-state index in [1.54, 1.807) is 6.92 Å². The first kappa shape index (κ1) is 14.7. The molecule has 0 saturated carbocycles. The minimum atomic E-state index is -3.41. The maximum atomic E-state index is 13.3. The van der Waals surface area contributed by atoms with E-state index in [1.807, 2.05) is 0 Å². The van der Waals surface area contributed by atoms with E-state index in [1.165, 1.54) is 6.07 Å².